The van der Waals surface area contributed by atoms with Crippen LogP contribution < -0.4 is 4.74 Å². The Morgan fingerprint density at radius 1 is 1.08 bits per heavy atom. The zero-order chi connectivity index (χ0) is 17.9. The molecule has 0 saturated heterocycles. The summed E-state index contributed by atoms with van der Waals surface area (Å²) in [6.45, 7) is 4.37. The zero-order valence-corrected chi connectivity index (χ0v) is 14.8. The fourth-order valence-corrected chi connectivity index (χ4v) is 3.18. The van der Waals surface area contributed by atoms with Gasteiger partial charge in [0.25, 0.3) is 5.91 Å². The van der Waals surface area contributed by atoms with Crippen molar-refractivity contribution in [3.05, 3.63) is 83.0 Å². The SMILES string of the molecule is Cc1cccc(C(=O)N2CCn3nc(OCc4ccccc4)cc3C2)c1. The van der Waals surface area contributed by atoms with Gasteiger partial charge in [0.05, 0.1) is 18.8 Å². The van der Waals surface area contributed by atoms with Gasteiger partial charge in [0.2, 0.25) is 5.88 Å². The van der Waals surface area contributed by atoms with Crippen molar-refractivity contribution in [2.24, 2.45) is 0 Å². The number of aromatic nitrogens is 2. The summed E-state index contributed by atoms with van der Waals surface area (Å²) in [5.41, 5.74) is 3.93. The van der Waals surface area contributed by atoms with Crippen LogP contribution in [0.1, 0.15) is 27.2 Å². The molecule has 0 atom stereocenters. The quantitative estimate of drug-likeness (QED) is 0.726. The number of hydrogen-bond acceptors (Lipinski definition) is 3. The Labute approximate surface area is 152 Å². The van der Waals surface area contributed by atoms with Crippen molar-refractivity contribution < 1.29 is 9.53 Å². The summed E-state index contributed by atoms with van der Waals surface area (Å²) in [5.74, 6) is 0.668. The van der Waals surface area contributed by atoms with E-state index in [-0.39, 0.29) is 5.91 Å². The summed E-state index contributed by atoms with van der Waals surface area (Å²) < 4.78 is 7.74. The fraction of sp³-hybridized carbons (Fsp3) is 0.238. The number of fused-ring (bicyclic) bond motifs is 1. The van der Waals surface area contributed by atoms with Crippen molar-refractivity contribution in [3.8, 4) is 5.88 Å². The predicted molar refractivity (Wildman–Crippen MR) is 98.9 cm³/mol. The van der Waals surface area contributed by atoms with Gasteiger partial charge in [-0.2, -0.15) is 0 Å². The van der Waals surface area contributed by atoms with Crippen LogP contribution in [0.3, 0.4) is 0 Å². The summed E-state index contributed by atoms with van der Waals surface area (Å²) in [6, 6.07) is 19.7. The molecule has 0 radical (unpaired) electrons. The minimum Gasteiger partial charge on any atom is -0.472 e. The third-order valence-corrected chi connectivity index (χ3v) is 4.56. The molecule has 1 aromatic heterocycles. The van der Waals surface area contributed by atoms with E-state index in [4.69, 9.17) is 4.74 Å². The van der Waals surface area contributed by atoms with Gasteiger partial charge in [-0.1, -0.05) is 48.0 Å². The Hall–Kier alpha value is -3.08. The smallest absolute Gasteiger partial charge is 0.254 e. The van der Waals surface area contributed by atoms with Crippen molar-refractivity contribution in [3.63, 3.8) is 0 Å². The third-order valence-electron chi connectivity index (χ3n) is 4.56. The minimum absolute atomic E-state index is 0.0629. The lowest BCUT2D eigenvalue weighted by Crippen LogP contribution is -2.38. The van der Waals surface area contributed by atoms with Crippen LogP contribution in [0.5, 0.6) is 5.88 Å². The standard InChI is InChI=1S/C21H21N3O2/c1-16-6-5-9-18(12-16)21(25)23-10-11-24-19(14-23)13-20(22-24)26-15-17-7-3-2-4-8-17/h2-9,12-13H,10-11,14-15H2,1H3. The van der Waals surface area contributed by atoms with E-state index in [2.05, 4.69) is 5.10 Å². The molecule has 2 aromatic carbocycles. The number of aryl methyl sites for hydroxylation is 1. The molecular formula is C21H21N3O2. The molecule has 26 heavy (non-hydrogen) atoms. The maximum absolute atomic E-state index is 12.7. The predicted octanol–water partition coefficient (Wildman–Crippen LogP) is 3.43. The first-order valence-electron chi connectivity index (χ1n) is 8.78. The van der Waals surface area contributed by atoms with Gasteiger partial charge in [-0.15, -0.1) is 5.10 Å². The highest BCUT2D eigenvalue weighted by Gasteiger charge is 2.23. The van der Waals surface area contributed by atoms with Crippen LogP contribution in [0.15, 0.2) is 60.7 Å². The molecule has 0 N–H and O–H groups in total. The maximum Gasteiger partial charge on any atom is 0.254 e. The first-order chi connectivity index (χ1) is 12.7. The van der Waals surface area contributed by atoms with Crippen LogP contribution in [0.25, 0.3) is 0 Å². The van der Waals surface area contributed by atoms with Crippen LogP contribution in [-0.4, -0.2) is 27.1 Å². The molecule has 0 bridgehead atoms. The van der Waals surface area contributed by atoms with Crippen molar-refractivity contribution >= 4 is 5.91 Å². The number of hydrogen-bond donors (Lipinski definition) is 0. The monoisotopic (exact) mass is 347 g/mol. The lowest BCUT2D eigenvalue weighted by molar-refractivity contribution is 0.0706. The van der Waals surface area contributed by atoms with Crippen molar-refractivity contribution in [1.82, 2.24) is 14.7 Å². The molecular weight excluding hydrogens is 326 g/mol. The van der Waals surface area contributed by atoms with E-state index in [9.17, 15) is 4.79 Å². The molecule has 1 aliphatic rings. The summed E-state index contributed by atoms with van der Waals surface area (Å²) in [6.07, 6.45) is 0. The Kier molecular flexibility index (Phi) is 4.44. The summed E-state index contributed by atoms with van der Waals surface area (Å²) in [4.78, 5) is 14.6. The largest absolute Gasteiger partial charge is 0.472 e. The molecule has 2 heterocycles. The van der Waals surface area contributed by atoms with Gasteiger partial charge in [-0.25, -0.2) is 0 Å². The highest BCUT2D eigenvalue weighted by atomic mass is 16.5. The second-order valence-electron chi connectivity index (χ2n) is 6.57. The highest BCUT2D eigenvalue weighted by Crippen LogP contribution is 2.20. The molecule has 5 nitrogen and oxygen atoms in total. The average Bonchev–Trinajstić information content (AvgIpc) is 3.08. The second kappa shape index (κ2) is 7.04. The van der Waals surface area contributed by atoms with E-state index in [1.54, 1.807) is 0 Å². The van der Waals surface area contributed by atoms with Crippen molar-refractivity contribution in [1.29, 1.82) is 0 Å². The molecule has 0 fully saturated rings. The lowest BCUT2D eigenvalue weighted by Gasteiger charge is -2.27. The van der Waals surface area contributed by atoms with Gasteiger partial charge in [-0.05, 0) is 24.6 Å². The number of amides is 1. The Bertz CT molecular complexity index is 918. The van der Waals surface area contributed by atoms with Gasteiger partial charge in [0.15, 0.2) is 0 Å². The van der Waals surface area contributed by atoms with Crippen LogP contribution >= 0.6 is 0 Å². The number of benzene rings is 2. The topological polar surface area (TPSA) is 47.4 Å². The van der Waals surface area contributed by atoms with Gasteiger partial charge in [-0.3, -0.25) is 9.48 Å². The lowest BCUT2D eigenvalue weighted by atomic mass is 10.1. The fourth-order valence-electron chi connectivity index (χ4n) is 3.18. The normalized spacial score (nSPS) is 13.3. The number of carbonyl (C=O) groups excluding carboxylic acids is 1. The van der Waals surface area contributed by atoms with Gasteiger partial charge in [0.1, 0.15) is 6.61 Å². The van der Waals surface area contributed by atoms with Crippen LogP contribution in [0.4, 0.5) is 0 Å². The Balaban J connectivity index is 1.44. The summed E-state index contributed by atoms with van der Waals surface area (Å²) in [5, 5.41) is 4.50. The van der Waals surface area contributed by atoms with Crippen LogP contribution in [-0.2, 0) is 19.7 Å². The third kappa shape index (κ3) is 3.47. The number of carbonyl (C=O) groups is 1. The molecule has 0 spiro atoms. The Morgan fingerprint density at radius 2 is 1.92 bits per heavy atom. The highest BCUT2D eigenvalue weighted by molar-refractivity contribution is 5.94. The molecule has 132 valence electrons. The molecule has 3 aromatic rings. The van der Waals surface area contributed by atoms with Gasteiger partial charge in [0, 0.05) is 18.2 Å². The Morgan fingerprint density at radius 3 is 2.73 bits per heavy atom. The van der Waals surface area contributed by atoms with E-state index < -0.39 is 0 Å². The first-order valence-corrected chi connectivity index (χ1v) is 8.78. The second-order valence-corrected chi connectivity index (χ2v) is 6.57. The van der Waals surface area contributed by atoms with Crippen LogP contribution in [0, 0.1) is 6.92 Å². The summed E-state index contributed by atoms with van der Waals surface area (Å²) in [7, 11) is 0. The van der Waals surface area contributed by atoms with Crippen molar-refractivity contribution in [2.75, 3.05) is 6.54 Å². The van der Waals surface area contributed by atoms with Gasteiger partial charge >= 0.3 is 0 Å². The minimum atomic E-state index is 0.0629. The maximum atomic E-state index is 12.7. The molecule has 0 aliphatic carbocycles. The number of ether oxygens (including phenoxy) is 1. The average molecular weight is 347 g/mol. The number of nitrogens with zero attached hydrogens (tertiary/aromatic N) is 3. The summed E-state index contributed by atoms with van der Waals surface area (Å²) >= 11 is 0. The van der Waals surface area contributed by atoms with Crippen molar-refractivity contribution in [2.45, 2.75) is 26.6 Å². The zero-order valence-electron chi connectivity index (χ0n) is 14.8. The van der Waals surface area contributed by atoms with Crippen LogP contribution in [0.2, 0.25) is 0 Å². The van der Waals surface area contributed by atoms with E-state index >= 15 is 0 Å². The molecule has 1 aliphatic heterocycles. The van der Waals surface area contributed by atoms with Gasteiger partial charge < -0.3 is 9.64 Å². The molecule has 0 unspecified atom stereocenters. The van der Waals surface area contributed by atoms with E-state index in [1.807, 2.05) is 77.2 Å². The van der Waals surface area contributed by atoms with E-state index in [1.165, 1.54) is 0 Å². The molecule has 1 amide bonds. The molecule has 0 saturated carbocycles. The molecule has 5 heteroatoms. The first kappa shape index (κ1) is 16.4. The van der Waals surface area contributed by atoms with E-state index in [0.717, 1.165) is 22.4 Å². The van der Waals surface area contributed by atoms with E-state index in [0.29, 0.717) is 32.1 Å². The number of rotatable bonds is 4. The molecule has 4 rings (SSSR count).